The third kappa shape index (κ3) is 9.30. The number of carbonyl (C=O) groups is 3. The summed E-state index contributed by atoms with van der Waals surface area (Å²) >= 11 is 13.2. The second-order valence-corrected chi connectivity index (χ2v) is 12.7. The summed E-state index contributed by atoms with van der Waals surface area (Å²) in [6, 6.07) is 31.0. The molecule has 3 amide bonds. The topological polar surface area (TPSA) is 88.1 Å². The van der Waals surface area contributed by atoms with Crippen molar-refractivity contribution >= 4 is 63.9 Å². The molecule has 4 aromatic rings. The normalized spacial score (nSPS) is 14.3. The average Bonchev–Trinajstić information content (AvgIpc) is 3.13. The van der Waals surface area contributed by atoms with E-state index < -0.39 is 11.8 Å². The summed E-state index contributed by atoms with van der Waals surface area (Å²) in [5.74, 6) is -1.08. The molecule has 4 aromatic carbocycles. The summed E-state index contributed by atoms with van der Waals surface area (Å²) in [7, 11) is 0. The predicted molar refractivity (Wildman–Crippen MR) is 203 cm³/mol. The molecule has 0 aliphatic carbocycles. The van der Waals surface area contributed by atoms with Crippen LogP contribution in [0.1, 0.15) is 35.2 Å². The van der Waals surface area contributed by atoms with Crippen LogP contribution in [0.4, 0.5) is 0 Å². The molecule has 50 heavy (non-hydrogen) atoms. The number of rotatable bonds is 12. The smallest absolute Gasteiger partial charge is 0.285 e. The number of aliphatic imine (C=N–C) groups is 1. The lowest BCUT2D eigenvalue weighted by molar-refractivity contribution is -0.126. The van der Waals surface area contributed by atoms with E-state index in [4.69, 9.17) is 27.9 Å². The van der Waals surface area contributed by atoms with Crippen LogP contribution in [0.15, 0.2) is 150 Å². The van der Waals surface area contributed by atoms with Gasteiger partial charge in [-0.05, 0) is 60.0 Å². The highest BCUT2D eigenvalue weighted by Crippen LogP contribution is 2.28. The van der Waals surface area contributed by atoms with E-state index in [2.05, 4.69) is 16.9 Å². The summed E-state index contributed by atoms with van der Waals surface area (Å²) in [6.45, 7) is 5.73. The van der Waals surface area contributed by atoms with Crippen LogP contribution in [0.2, 0.25) is 10.0 Å². The molecule has 0 fully saturated rings. The number of benzene rings is 4. The number of hydrogen-bond donors (Lipinski definition) is 1. The average molecular weight is 723 g/mol. The van der Waals surface area contributed by atoms with Crippen LogP contribution in [0, 0.1) is 0 Å². The maximum atomic E-state index is 14.0. The minimum atomic E-state index is -0.707. The quantitative estimate of drug-likeness (QED) is 0.0897. The third-order valence-electron chi connectivity index (χ3n) is 7.51. The van der Waals surface area contributed by atoms with Crippen molar-refractivity contribution in [2.24, 2.45) is 4.99 Å². The van der Waals surface area contributed by atoms with Gasteiger partial charge in [-0.1, -0.05) is 139 Å². The van der Waals surface area contributed by atoms with Crippen molar-refractivity contribution in [2.45, 2.75) is 19.6 Å². The molecule has 0 bridgehead atoms. The van der Waals surface area contributed by atoms with Gasteiger partial charge in [0.05, 0.1) is 11.8 Å². The van der Waals surface area contributed by atoms with Crippen LogP contribution in [0.5, 0.6) is 5.75 Å². The molecular weight excluding hydrogens is 689 g/mol. The fourth-order valence-corrected chi connectivity index (χ4v) is 6.29. The molecule has 0 atom stereocenters. The van der Waals surface area contributed by atoms with E-state index in [0.717, 1.165) is 28.5 Å². The standard InChI is InChI=1S/C40H33Cl2N3O4S/c1-3-5-16-32(4-2)45-39(48)34(23-27-17-21-33(22-18-27)49-25-30-19-20-31(41)24-35(30)42)38(47)44-40(45)50-26-36(46)43-37(28-12-8-6-9-13-28)29-14-10-7-11-15-29/h3-24,37H,1,25-26H2,2H3,(H,43,46)/b16-5-,32-4+,34-23+. The highest BCUT2D eigenvalue weighted by atomic mass is 35.5. The van der Waals surface area contributed by atoms with Crippen molar-refractivity contribution in [1.82, 2.24) is 10.2 Å². The maximum Gasteiger partial charge on any atom is 0.285 e. The van der Waals surface area contributed by atoms with Crippen molar-refractivity contribution in [3.8, 4) is 5.75 Å². The summed E-state index contributed by atoms with van der Waals surface area (Å²) in [5, 5.41) is 4.23. The second kappa shape index (κ2) is 17.5. The zero-order valence-electron chi connectivity index (χ0n) is 27.1. The molecular formula is C40H33Cl2N3O4S. The molecule has 1 N–H and O–H groups in total. The summed E-state index contributed by atoms with van der Waals surface area (Å²) in [5.41, 5.74) is 3.56. The maximum absolute atomic E-state index is 14.0. The molecule has 0 aromatic heterocycles. The fraction of sp³-hybridized carbons (Fsp3) is 0.100. The van der Waals surface area contributed by atoms with Gasteiger partial charge in [0.2, 0.25) is 5.91 Å². The molecule has 10 heteroatoms. The molecule has 0 saturated carbocycles. The van der Waals surface area contributed by atoms with E-state index in [0.29, 0.717) is 27.1 Å². The lowest BCUT2D eigenvalue weighted by Gasteiger charge is -2.28. The van der Waals surface area contributed by atoms with E-state index in [-0.39, 0.29) is 35.0 Å². The first-order valence-electron chi connectivity index (χ1n) is 15.6. The van der Waals surface area contributed by atoms with Crippen molar-refractivity contribution < 1.29 is 19.1 Å². The zero-order valence-corrected chi connectivity index (χ0v) is 29.4. The van der Waals surface area contributed by atoms with E-state index in [1.165, 1.54) is 11.0 Å². The largest absolute Gasteiger partial charge is 0.489 e. The van der Waals surface area contributed by atoms with Gasteiger partial charge >= 0.3 is 0 Å². The van der Waals surface area contributed by atoms with E-state index in [1.54, 1.807) is 73.7 Å². The lowest BCUT2D eigenvalue weighted by Crippen LogP contribution is -2.42. The summed E-state index contributed by atoms with van der Waals surface area (Å²) in [4.78, 5) is 46.3. The SMILES string of the molecule is C=C/C=C\C(=C/C)N1C(=O)/C(=C/c2ccc(OCc3ccc(Cl)cc3Cl)cc2)C(=O)N=C1SCC(=O)NC(c1ccccc1)c1ccccc1. The lowest BCUT2D eigenvalue weighted by atomic mass is 9.99. The number of amides is 3. The van der Waals surface area contributed by atoms with Crippen LogP contribution >= 0.6 is 35.0 Å². The summed E-state index contributed by atoms with van der Waals surface area (Å²) < 4.78 is 5.86. The van der Waals surface area contributed by atoms with Gasteiger partial charge in [0.25, 0.3) is 11.8 Å². The molecule has 0 saturated heterocycles. The first-order valence-corrected chi connectivity index (χ1v) is 17.3. The number of halogens is 2. The van der Waals surface area contributed by atoms with Gasteiger partial charge < -0.3 is 10.1 Å². The molecule has 252 valence electrons. The van der Waals surface area contributed by atoms with Gasteiger partial charge in [0.15, 0.2) is 5.17 Å². The minimum Gasteiger partial charge on any atom is -0.489 e. The Morgan fingerprint density at radius 2 is 1.62 bits per heavy atom. The number of nitrogens with one attached hydrogen (secondary N) is 1. The Balaban J connectivity index is 1.34. The third-order valence-corrected chi connectivity index (χ3v) is 9.04. The van der Waals surface area contributed by atoms with Crippen LogP contribution < -0.4 is 10.1 Å². The van der Waals surface area contributed by atoms with Gasteiger partial charge in [-0.15, -0.1) is 0 Å². The highest BCUT2D eigenvalue weighted by Gasteiger charge is 2.35. The predicted octanol–water partition coefficient (Wildman–Crippen LogP) is 8.97. The summed E-state index contributed by atoms with van der Waals surface area (Å²) in [6.07, 6.45) is 8.16. The number of carbonyl (C=O) groups excluding carboxylic acids is 3. The molecule has 0 radical (unpaired) electrons. The van der Waals surface area contributed by atoms with Crippen LogP contribution in [-0.4, -0.2) is 33.5 Å². The van der Waals surface area contributed by atoms with Crippen LogP contribution in [-0.2, 0) is 21.0 Å². The van der Waals surface area contributed by atoms with Crippen molar-refractivity contribution in [3.63, 3.8) is 0 Å². The Hall–Kier alpha value is -5.15. The van der Waals surface area contributed by atoms with Gasteiger partial charge in [-0.2, -0.15) is 4.99 Å². The molecule has 0 spiro atoms. The molecule has 1 heterocycles. The van der Waals surface area contributed by atoms with Gasteiger partial charge in [-0.3, -0.25) is 19.3 Å². The van der Waals surface area contributed by atoms with Gasteiger partial charge in [0, 0.05) is 21.3 Å². The Morgan fingerprint density at radius 3 is 2.22 bits per heavy atom. The number of amidine groups is 1. The van der Waals surface area contributed by atoms with E-state index >= 15 is 0 Å². The number of hydrogen-bond acceptors (Lipinski definition) is 5. The van der Waals surface area contributed by atoms with E-state index in [1.807, 2.05) is 60.7 Å². The highest BCUT2D eigenvalue weighted by molar-refractivity contribution is 8.14. The van der Waals surface area contributed by atoms with Crippen molar-refractivity contribution in [1.29, 1.82) is 0 Å². The van der Waals surface area contributed by atoms with Gasteiger partial charge in [0.1, 0.15) is 17.9 Å². The van der Waals surface area contributed by atoms with Crippen molar-refractivity contribution in [2.75, 3.05) is 5.75 Å². The van der Waals surface area contributed by atoms with Crippen molar-refractivity contribution in [3.05, 3.63) is 178 Å². The molecule has 5 rings (SSSR count). The Labute approximate surface area is 305 Å². The molecule has 1 aliphatic rings. The first kappa shape index (κ1) is 36.1. The number of ether oxygens (including phenoxy) is 1. The second-order valence-electron chi connectivity index (χ2n) is 10.9. The zero-order chi connectivity index (χ0) is 35.5. The Bertz CT molecular complexity index is 1950. The van der Waals surface area contributed by atoms with Crippen LogP contribution in [0.25, 0.3) is 6.08 Å². The molecule has 7 nitrogen and oxygen atoms in total. The fourth-order valence-electron chi connectivity index (χ4n) is 5.02. The number of thioether (sulfide) groups is 1. The minimum absolute atomic E-state index is 0.0873. The Morgan fingerprint density at radius 1 is 0.960 bits per heavy atom. The van der Waals surface area contributed by atoms with Crippen LogP contribution in [0.3, 0.4) is 0 Å². The monoisotopic (exact) mass is 721 g/mol. The number of nitrogens with zero attached hydrogens (tertiary/aromatic N) is 2. The molecule has 1 aliphatic heterocycles. The van der Waals surface area contributed by atoms with E-state index in [9.17, 15) is 14.4 Å². The number of allylic oxidation sites excluding steroid dienone is 4. The molecule has 0 unspecified atom stereocenters. The first-order chi connectivity index (χ1) is 24.3. The van der Waals surface area contributed by atoms with Gasteiger partial charge in [-0.25, -0.2) is 0 Å². The Kier molecular flexibility index (Phi) is 12.6.